The molecule has 8 nitrogen and oxygen atoms in total. The quantitative estimate of drug-likeness (QED) is 0.611. The topological polar surface area (TPSA) is 94.2 Å². The number of esters is 1. The average Bonchev–Trinajstić information content (AvgIpc) is 2.57. The molecule has 1 heterocycles. The molecular formula is C18H24N2O6. The molecule has 1 aliphatic rings. The van der Waals surface area contributed by atoms with Crippen molar-refractivity contribution in [2.24, 2.45) is 0 Å². The highest BCUT2D eigenvalue weighted by molar-refractivity contribution is 5.91. The summed E-state index contributed by atoms with van der Waals surface area (Å²) >= 11 is 0. The van der Waals surface area contributed by atoms with Gasteiger partial charge in [-0.05, 0) is 33.3 Å². The maximum absolute atomic E-state index is 12.0. The van der Waals surface area contributed by atoms with Crippen LogP contribution in [0.15, 0.2) is 30.3 Å². The number of carbonyl (C=O) groups is 3. The molecular weight excluding hydrogens is 340 g/mol. The molecule has 0 aromatic heterocycles. The zero-order valence-electron chi connectivity index (χ0n) is 15.4. The number of rotatable bonds is 6. The molecule has 2 atom stereocenters. The van der Waals surface area contributed by atoms with Gasteiger partial charge in [0.15, 0.2) is 6.61 Å². The van der Waals surface area contributed by atoms with Crippen molar-refractivity contribution in [1.82, 2.24) is 10.4 Å². The highest BCUT2D eigenvalue weighted by Crippen LogP contribution is 2.20. The maximum Gasteiger partial charge on any atom is 0.408 e. The fourth-order valence-corrected chi connectivity index (χ4v) is 2.30. The van der Waals surface area contributed by atoms with Crippen molar-refractivity contribution < 1.29 is 28.7 Å². The number of alkyl carbamates (subject to hydrolysis) is 1. The summed E-state index contributed by atoms with van der Waals surface area (Å²) in [6, 6.07) is 8.06. The Bertz CT molecular complexity index is 655. The minimum atomic E-state index is -0.745. The van der Waals surface area contributed by atoms with E-state index in [-0.39, 0.29) is 13.2 Å². The van der Waals surface area contributed by atoms with E-state index in [2.05, 4.69) is 5.32 Å². The van der Waals surface area contributed by atoms with E-state index in [1.54, 1.807) is 27.7 Å². The Balaban J connectivity index is 1.71. The Hall–Kier alpha value is -2.61. The molecule has 0 bridgehead atoms. The van der Waals surface area contributed by atoms with E-state index in [9.17, 15) is 14.4 Å². The van der Waals surface area contributed by atoms with Gasteiger partial charge in [-0.15, -0.1) is 0 Å². The standard InChI is InChI=1S/C18H24N2O6/c1-12-15(19-17(23)26-18(2,3)4)16(22)20(12)25-11-14(21)24-10-13-8-6-5-7-9-13/h5-9,12,15H,10-11H2,1-4H3,(H,19,23). The third kappa shape index (κ3) is 5.45. The van der Waals surface area contributed by atoms with Crippen LogP contribution in [0.25, 0.3) is 0 Å². The van der Waals surface area contributed by atoms with Crippen molar-refractivity contribution in [3.63, 3.8) is 0 Å². The molecule has 2 unspecified atom stereocenters. The van der Waals surface area contributed by atoms with Gasteiger partial charge in [0.25, 0.3) is 5.91 Å². The number of hydroxylamine groups is 2. The number of nitrogens with zero attached hydrogens (tertiary/aromatic N) is 1. The third-order valence-electron chi connectivity index (χ3n) is 3.57. The molecule has 142 valence electrons. The Morgan fingerprint density at radius 1 is 1.19 bits per heavy atom. The average molecular weight is 364 g/mol. The molecule has 1 aromatic rings. The molecule has 2 amide bonds. The van der Waals surface area contributed by atoms with Gasteiger partial charge in [0.1, 0.15) is 18.2 Å². The van der Waals surface area contributed by atoms with Crippen LogP contribution in [0.5, 0.6) is 0 Å². The summed E-state index contributed by atoms with van der Waals surface area (Å²) in [5.74, 6) is -1.03. The summed E-state index contributed by atoms with van der Waals surface area (Å²) in [5.41, 5.74) is 0.203. The van der Waals surface area contributed by atoms with Gasteiger partial charge in [-0.25, -0.2) is 14.7 Å². The molecule has 2 rings (SSSR count). The summed E-state index contributed by atoms with van der Waals surface area (Å²) in [6.07, 6.45) is -0.676. The maximum atomic E-state index is 12.0. The molecule has 1 aromatic carbocycles. The smallest absolute Gasteiger partial charge is 0.408 e. The molecule has 8 heteroatoms. The van der Waals surface area contributed by atoms with Crippen molar-refractivity contribution in [3.05, 3.63) is 35.9 Å². The Morgan fingerprint density at radius 3 is 2.42 bits per heavy atom. The van der Waals surface area contributed by atoms with E-state index < -0.39 is 35.7 Å². The first-order chi connectivity index (χ1) is 12.2. The van der Waals surface area contributed by atoms with Gasteiger partial charge in [0.2, 0.25) is 0 Å². The lowest BCUT2D eigenvalue weighted by Gasteiger charge is -2.43. The molecule has 0 spiro atoms. The van der Waals surface area contributed by atoms with Gasteiger partial charge >= 0.3 is 12.1 Å². The third-order valence-corrected chi connectivity index (χ3v) is 3.57. The van der Waals surface area contributed by atoms with Gasteiger partial charge in [0.05, 0.1) is 6.04 Å². The summed E-state index contributed by atoms with van der Waals surface area (Å²) in [5, 5.41) is 3.54. The lowest BCUT2D eigenvalue weighted by Crippen LogP contribution is -2.69. The van der Waals surface area contributed by atoms with Crippen LogP contribution in [0, 0.1) is 0 Å². The van der Waals surface area contributed by atoms with Crippen LogP contribution in [0.2, 0.25) is 0 Å². The van der Waals surface area contributed by atoms with Crippen molar-refractivity contribution in [2.75, 3.05) is 6.61 Å². The highest BCUT2D eigenvalue weighted by Gasteiger charge is 2.47. The number of carbonyl (C=O) groups excluding carboxylic acids is 3. The summed E-state index contributed by atoms with van der Waals surface area (Å²) in [6.45, 7) is 6.63. The first-order valence-electron chi connectivity index (χ1n) is 8.32. The fraction of sp³-hybridized carbons (Fsp3) is 0.500. The van der Waals surface area contributed by atoms with Gasteiger partial charge in [-0.1, -0.05) is 30.3 Å². The fourth-order valence-electron chi connectivity index (χ4n) is 2.30. The highest BCUT2D eigenvalue weighted by atomic mass is 16.7. The number of amides is 2. The number of β-lactam (4-membered cyclic amide) rings is 1. The minimum Gasteiger partial charge on any atom is -0.459 e. The SMILES string of the molecule is CC1C(NC(=O)OC(C)(C)C)C(=O)N1OCC(=O)OCc1ccccc1. The zero-order chi connectivity index (χ0) is 19.3. The Kier molecular flexibility index (Phi) is 6.20. The Labute approximate surface area is 152 Å². The molecule has 1 saturated heterocycles. The van der Waals surface area contributed by atoms with E-state index in [1.165, 1.54) is 0 Å². The normalized spacial score (nSPS) is 19.5. The Morgan fingerprint density at radius 2 is 1.85 bits per heavy atom. The van der Waals surface area contributed by atoms with Crippen LogP contribution in [-0.2, 0) is 30.5 Å². The van der Waals surface area contributed by atoms with E-state index in [1.807, 2.05) is 30.3 Å². The molecule has 0 radical (unpaired) electrons. The van der Waals surface area contributed by atoms with Gasteiger partial charge < -0.3 is 14.8 Å². The number of hydrogen-bond donors (Lipinski definition) is 1. The molecule has 1 aliphatic heterocycles. The van der Waals surface area contributed by atoms with E-state index >= 15 is 0 Å². The van der Waals surface area contributed by atoms with Crippen LogP contribution in [0.1, 0.15) is 33.3 Å². The lowest BCUT2D eigenvalue weighted by atomic mass is 10.0. The molecule has 0 saturated carbocycles. The number of benzene rings is 1. The van der Waals surface area contributed by atoms with Gasteiger partial charge in [-0.3, -0.25) is 9.63 Å². The monoisotopic (exact) mass is 364 g/mol. The van der Waals surface area contributed by atoms with Crippen molar-refractivity contribution >= 4 is 18.0 Å². The second-order valence-corrected chi connectivity index (χ2v) is 6.95. The predicted molar refractivity (Wildman–Crippen MR) is 91.7 cm³/mol. The second-order valence-electron chi connectivity index (χ2n) is 6.95. The molecule has 1 N–H and O–H groups in total. The van der Waals surface area contributed by atoms with Crippen molar-refractivity contribution in [3.8, 4) is 0 Å². The first kappa shape index (κ1) is 19.7. The number of hydrogen-bond acceptors (Lipinski definition) is 6. The largest absolute Gasteiger partial charge is 0.459 e. The first-order valence-corrected chi connectivity index (χ1v) is 8.32. The summed E-state index contributed by atoms with van der Waals surface area (Å²) < 4.78 is 10.2. The van der Waals surface area contributed by atoms with Crippen LogP contribution >= 0.6 is 0 Å². The van der Waals surface area contributed by atoms with Gasteiger partial charge in [-0.2, -0.15) is 0 Å². The number of nitrogens with one attached hydrogen (secondary N) is 1. The van der Waals surface area contributed by atoms with Gasteiger partial charge in [0, 0.05) is 0 Å². The zero-order valence-corrected chi connectivity index (χ0v) is 15.4. The predicted octanol–water partition coefficient (Wildman–Crippen LogP) is 1.79. The van der Waals surface area contributed by atoms with Crippen LogP contribution < -0.4 is 5.32 Å². The molecule has 1 fully saturated rings. The van der Waals surface area contributed by atoms with Crippen LogP contribution in [0.3, 0.4) is 0 Å². The van der Waals surface area contributed by atoms with Crippen LogP contribution in [0.4, 0.5) is 4.79 Å². The molecule has 0 aliphatic carbocycles. The summed E-state index contributed by atoms with van der Waals surface area (Å²) in [7, 11) is 0. The summed E-state index contributed by atoms with van der Waals surface area (Å²) in [4.78, 5) is 40.7. The van der Waals surface area contributed by atoms with E-state index in [0.717, 1.165) is 10.6 Å². The van der Waals surface area contributed by atoms with Crippen molar-refractivity contribution in [1.29, 1.82) is 0 Å². The lowest BCUT2D eigenvalue weighted by molar-refractivity contribution is -0.234. The molecule has 26 heavy (non-hydrogen) atoms. The second kappa shape index (κ2) is 8.18. The minimum absolute atomic E-state index is 0.134. The van der Waals surface area contributed by atoms with Crippen LogP contribution in [-0.4, -0.2) is 47.3 Å². The van der Waals surface area contributed by atoms with E-state index in [0.29, 0.717) is 0 Å². The van der Waals surface area contributed by atoms with Crippen molar-refractivity contribution in [2.45, 2.75) is 52.0 Å². The number of ether oxygens (including phenoxy) is 2. The van der Waals surface area contributed by atoms with E-state index in [4.69, 9.17) is 14.3 Å².